The summed E-state index contributed by atoms with van der Waals surface area (Å²) in [5.41, 5.74) is 5.49. The molecule has 0 aliphatic carbocycles. The van der Waals surface area contributed by atoms with Crippen LogP contribution in [0.15, 0.2) is 10.5 Å². The summed E-state index contributed by atoms with van der Waals surface area (Å²) in [6.07, 6.45) is -0.914. The van der Waals surface area contributed by atoms with Gasteiger partial charge < -0.3 is 31.2 Å². The van der Waals surface area contributed by atoms with Crippen LogP contribution < -0.4 is 11.1 Å². The van der Waals surface area contributed by atoms with Crippen molar-refractivity contribution in [2.24, 2.45) is 5.16 Å². The number of aliphatic carboxylic acids is 1. The lowest BCUT2D eigenvalue weighted by molar-refractivity contribution is -0.146. The molecule has 1 aromatic rings. The molecule has 2 amide bonds. The van der Waals surface area contributed by atoms with Crippen LogP contribution in [0.5, 0.6) is 0 Å². The first-order valence-electron chi connectivity index (χ1n) is 9.43. The van der Waals surface area contributed by atoms with E-state index >= 15 is 0 Å². The van der Waals surface area contributed by atoms with E-state index in [2.05, 4.69) is 15.5 Å². The summed E-state index contributed by atoms with van der Waals surface area (Å²) < 4.78 is 5.39. The van der Waals surface area contributed by atoms with Gasteiger partial charge in [-0.1, -0.05) is 5.16 Å². The maximum absolute atomic E-state index is 13.0. The van der Waals surface area contributed by atoms with E-state index in [1.807, 2.05) is 0 Å². The second-order valence-electron chi connectivity index (χ2n) is 6.62. The van der Waals surface area contributed by atoms with Crippen molar-refractivity contribution in [2.75, 3.05) is 38.9 Å². The van der Waals surface area contributed by atoms with Crippen LogP contribution in [-0.4, -0.2) is 99.3 Å². The highest BCUT2D eigenvalue weighted by Gasteiger charge is 2.58. The van der Waals surface area contributed by atoms with Gasteiger partial charge in [-0.3, -0.25) is 19.3 Å². The number of thiazole rings is 1. The molecule has 0 bridgehead atoms. The van der Waals surface area contributed by atoms with E-state index in [1.165, 1.54) is 24.4 Å². The standard InChI is InChI=1S/C17H25N5O8S2/c1-22-15(28)13(16(22)32(29-2)6-4-11(25)26)20-14(27)12(10-8-31-17(18)19-10)21-30-9(7-24)3-5-23/h8-9,13,16,23-24H,3-7H2,1-2H3,(H3-,18,19,20,25,26,27)/p+1/b21-12-/t9-,13-,16-,32?/m1/s1. The molecule has 1 saturated heterocycles. The molecule has 1 aromatic heterocycles. The molecule has 2 rings (SSSR count). The Bertz CT molecular complexity index is 851. The molecule has 0 saturated carbocycles. The molecule has 0 spiro atoms. The predicted octanol–water partition coefficient (Wildman–Crippen LogP) is -1.87. The Balaban J connectivity index is 2.21. The number of oxime groups is 1. The second-order valence-corrected chi connectivity index (χ2v) is 9.49. The minimum absolute atomic E-state index is 0.0856. The zero-order valence-electron chi connectivity index (χ0n) is 17.5. The number of nitrogens with one attached hydrogen (secondary N) is 1. The zero-order valence-corrected chi connectivity index (χ0v) is 19.1. The maximum atomic E-state index is 13.0. The van der Waals surface area contributed by atoms with E-state index in [0.29, 0.717) is 0 Å². The number of anilines is 1. The van der Waals surface area contributed by atoms with E-state index in [4.69, 9.17) is 25.0 Å². The van der Waals surface area contributed by atoms with Gasteiger partial charge >= 0.3 is 5.97 Å². The van der Waals surface area contributed by atoms with Crippen molar-refractivity contribution in [1.82, 2.24) is 15.2 Å². The molecule has 13 nitrogen and oxygen atoms in total. The molecular formula is C17H26N5O8S2+. The van der Waals surface area contributed by atoms with E-state index in [-0.39, 0.29) is 47.6 Å². The third kappa shape index (κ3) is 6.29. The van der Waals surface area contributed by atoms with Crippen molar-refractivity contribution in [2.45, 2.75) is 30.4 Å². The zero-order chi connectivity index (χ0) is 23.8. The molecule has 4 atom stereocenters. The largest absolute Gasteiger partial charge is 0.481 e. The number of nitrogen functional groups attached to an aromatic ring is 1. The Morgan fingerprint density at radius 1 is 1.47 bits per heavy atom. The van der Waals surface area contributed by atoms with E-state index < -0.39 is 47.2 Å². The number of aromatic nitrogens is 1. The Morgan fingerprint density at radius 3 is 2.72 bits per heavy atom. The number of carbonyl (C=O) groups is 3. The quantitative estimate of drug-likeness (QED) is 0.0899. The van der Waals surface area contributed by atoms with Gasteiger partial charge in [0.1, 0.15) is 5.69 Å². The lowest BCUT2D eigenvalue weighted by atomic mass is 10.1. The third-order valence-electron chi connectivity index (χ3n) is 4.50. The molecule has 1 unspecified atom stereocenters. The number of aliphatic hydroxyl groups is 2. The van der Waals surface area contributed by atoms with Crippen LogP contribution in [0.2, 0.25) is 0 Å². The Morgan fingerprint density at radius 2 is 2.19 bits per heavy atom. The molecule has 0 aromatic carbocycles. The molecule has 1 aliphatic rings. The van der Waals surface area contributed by atoms with Gasteiger partial charge in [0.25, 0.3) is 17.2 Å². The van der Waals surface area contributed by atoms with Crippen molar-refractivity contribution >= 4 is 51.1 Å². The van der Waals surface area contributed by atoms with Crippen LogP contribution in [-0.2, 0) is 34.6 Å². The van der Waals surface area contributed by atoms with Crippen LogP contribution >= 0.6 is 11.3 Å². The smallest absolute Gasteiger partial charge is 0.308 e. The predicted molar refractivity (Wildman–Crippen MR) is 117 cm³/mol. The highest BCUT2D eigenvalue weighted by atomic mass is 32.2. The molecule has 2 heterocycles. The summed E-state index contributed by atoms with van der Waals surface area (Å²) in [7, 11) is 2.95. The molecule has 1 aliphatic heterocycles. The topological polar surface area (TPSA) is 197 Å². The summed E-state index contributed by atoms with van der Waals surface area (Å²) in [6, 6.07) is -0.961. The van der Waals surface area contributed by atoms with Crippen LogP contribution in [0.3, 0.4) is 0 Å². The van der Waals surface area contributed by atoms with Gasteiger partial charge in [-0.2, -0.15) is 4.18 Å². The van der Waals surface area contributed by atoms with E-state index in [1.54, 1.807) is 0 Å². The molecule has 32 heavy (non-hydrogen) atoms. The Hall–Kier alpha value is -2.46. The summed E-state index contributed by atoms with van der Waals surface area (Å²) in [5.74, 6) is -1.97. The van der Waals surface area contributed by atoms with Gasteiger partial charge in [0.15, 0.2) is 39.9 Å². The maximum Gasteiger partial charge on any atom is 0.308 e. The summed E-state index contributed by atoms with van der Waals surface area (Å²) in [5, 5.41) is 34.8. The molecular weight excluding hydrogens is 466 g/mol. The number of nitrogens with zero attached hydrogens (tertiary/aromatic N) is 3. The van der Waals surface area contributed by atoms with E-state index in [0.717, 1.165) is 11.3 Å². The first-order valence-corrected chi connectivity index (χ1v) is 11.7. The molecule has 1 fully saturated rings. The van der Waals surface area contributed by atoms with Gasteiger partial charge in [-0.25, -0.2) is 4.98 Å². The highest BCUT2D eigenvalue weighted by molar-refractivity contribution is 7.93. The number of likely N-dealkylation sites (tertiary alicyclic amines) is 1. The number of amides is 2. The number of carboxylic acids is 1. The van der Waals surface area contributed by atoms with Crippen molar-refractivity contribution in [3.05, 3.63) is 11.1 Å². The number of rotatable bonds is 13. The van der Waals surface area contributed by atoms with Crippen molar-refractivity contribution in [1.29, 1.82) is 0 Å². The van der Waals surface area contributed by atoms with Crippen LogP contribution in [0.25, 0.3) is 0 Å². The molecule has 0 radical (unpaired) electrons. The van der Waals surface area contributed by atoms with Crippen molar-refractivity contribution < 1.29 is 38.7 Å². The number of aliphatic hydroxyl groups excluding tert-OH is 2. The number of hydrogen-bond donors (Lipinski definition) is 5. The number of β-lactam (4-membered cyclic amide) rings is 1. The minimum Gasteiger partial charge on any atom is -0.481 e. The fraction of sp³-hybridized carbons (Fsp3) is 0.588. The fourth-order valence-corrected chi connectivity index (χ4v) is 5.29. The average Bonchev–Trinajstić information content (AvgIpc) is 3.20. The first kappa shape index (κ1) is 25.8. The Labute approximate surface area is 190 Å². The van der Waals surface area contributed by atoms with Gasteiger partial charge in [-0.15, -0.1) is 11.3 Å². The first-order chi connectivity index (χ1) is 15.2. The minimum atomic E-state index is -0.998. The van der Waals surface area contributed by atoms with Gasteiger partial charge in [0.05, 0.1) is 20.1 Å². The summed E-state index contributed by atoms with van der Waals surface area (Å²) >= 11 is 0.138. The SMILES string of the molecule is CO[S+](CCC(=O)O)[C@@H]1[C@H](NC(=O)/C(=N\O[C@@H](CO)CCO)c2csc(N)n2)C(=O)N1C. The summed E-state index contributed by atoms with van der Waals surface area (Å²) in [4.78, 5) is 46.9. The number of carbonyl (C=O) groups excluding carboxylic acids is 2. The van der Waals surface area contributed by atoms with E-state index in [9.17, 15) is 19.5 Å². The normalized spacial score (nSPS) is 20.4. The highest BCUT2D eigenvalue weighted by Crippen LogP contribution is 2.27. The van der Waals surface area contributed by atoms with Crippen molar-refractivity contribution in [3.8, 4) is 0 Å². The molecule has 6 N–H and O–H groups in total. The monoisotopic (exact) mass is 492 g/mol. The fourth-order valence-electron chi connectivity index (χ4n) is 2.82. The lowest BCUT2D eigenvalue weighted by Crippen LogP contribution is -2.72. The third-order valence-corrected chi connectivity index (χ3v) is 7.33. The van der Waals surface area contributed by atoms with Gasteiger partial charge in [0, 0.05) is 25.5 Å². The number of hydrogen-bond acceptors (Lipinski definition) is 11. The number of carboxylic acid groups (broad SMARTS) is 1. The average molecular weight is 493 g/mol. The lowest BCUT2D eigenvalue weighted by Gasteiger charge is -2.41. The number of nitrogens with two attached hydrogens (primary N) is 1. The second kappa shape index (κ2) is 12.0. The Kier molecular flexibility index (Phi) is 9.64. The molecule has 178 valence electrons. The van der Waals surface area contributed by atoms with Crippen molar-refractivity contribution in [3.63, 3.8) is 0 Å². The van der Waals surface area contributed by atoms with Gasteiger partial charge in [0.2, 0.25) is 0 Å². The van der Waals surface area contributed by atoms with Crippen LogP contribution in [0.4, 0.5) is 5.13 Å². The van der Waals surface area contributed by atoms with Gasteiger partial charge in [-0.05, 0) is 0 Å². The number of likely N-dealkylation sites (N-methyl/N-ethyl adjacent to an activating group) is 1. The summed E-state index contributed by atoms with van der Waals surface area (Å²) in [6.45, 7) is -0.696. The van der Waals surface area contributed by atoms with Crippen LogP contribution in [0, 0.1) is 0 Å². The van der Waals surface area contributed by atoms with Crippen LogP contribution in [0.1, 0.15) is 18.5 Å². The molecule has 15 heteroatoms.